The quantitative estimate of drug-likeness (QED) is 0.890. The zero-order valence-corrected chi connectivity index (χ0v) is 14.9. The molecule has 1 saturated carbocycles. The van der Waals surface area contributed by atoms with Crippen molar-refractivity contribution in [2.75, 3.05) is 20.1 Å². The highest BCUT2D eigenvalue weighted by Crippen LogP contribution is 2.43. The average Bonchev–Trinajstić information content (AvgIpc) is 3.05. The van der Waals surface area contributed by atoms with Crippen LogP contribution in [-0.4, -0.2) is 37.0 Å². The zero-order chi connectivity index (χ0) is 15.6. The number of amides is 1. The normalized spacial score (nSPS) is 24.5. The molecule has 120 valence electrons. The lowest BCUT2D eigenvalue weighted by atomic mass is 9.77. The predicted molar refractivity (Wildman–Crippen MR) is 92.9 cm³/mol. The summed E-state index contributed by atoms with van der Waals surface area (Å²) in [6.45, 7) is 1.77. The molecule has 3 rings (SSSR count). The maximum absolute atomic E-state index is 13.4. The monoisotopic (exact) mass is 364 g/mol. The molecule has 1 aromatic rings. The van der Waals surface area contributed by atoms with Crippen molar-refractivity contribution in [2.45, 2.75) is 50.0 Å². The van der Waals surface area contributed by atoms with Gasteiger partial charge in [-0.15, -0.1) is 0 Å². The topological polar surface area (TPSA) is 32.3 Å². The van der Waals surface area contributed by atoms with E-state index in [9.17, 15) is 4.79 Å². The number of halogens is 1. The number of carbonyl (C=O) groups is 1. The van der Waals surface area contributed by atoms with E-state index in [2.05, 4.69) is 50.4 Å². The third kappa shape index (κ3) is 2.95. The van der Waals surface area contributed by atoms with E-state index in [0.717, 1.165) is 49.7 Å². The second kappa shape index (κ2) is 6.71. The Hall–Kier alpha value is -0.870. The molecule has 1 atom stereocenters. The molecule has 4 heteroatoms. The van der Waals surface area contributed by atoms with Gasteiger partial charge in [-0.25, -0.2) is 0 Å². The molecule has 0 spiro atoms. The Morgan fingerprint density at radius 1 is 1.23 bits per heavy atom. The molecule has 1 N–H and O–H groups in total. The van der Waals surface area contributed by atoms with E-state index in [1.807, 2.05) is 7.05 Å². The minimum Gasteiger partial charge on any atom is -0.340 e. The minimum absolute atomic E-state index is 0.281. The van der Waals surface area contributed by atoms with Crippen molar-refractivity contribution < 1.29 is 4.79 Å². The number of rotatable bonds is 3. The summed E-state index contributed by atoms with van der Waals surface area (Å²) in [5, 5.41) is 3.34. The number of likely N-dealkylation sites (tertiary alicyclic amines) is 1. The minimum atomic E-state index is -0.281. The Bertz CT molecular complexity index is 522. The molecule has 1 saturated heterocycles. The van der Waals surface area contributed by atoms with Crippen molar-refractivity contribution >= 4 is 21.8 Å². The highest BCUT2D eigenvalue weighted by molar-refractivity contribution is 9.10. The van der Waals surface area contributed by atoms with Crippen LogP contribution in [0.5, 0.6) is 0 Å². The van der Waals surface area contributed by atoms with E-state index in [0.29, 0.717) is 11.9 Å². The van der Waals surface area contributed by atoms with Gasteiger partial charge in [0, 0.05) is 23.6 Å². The molecular weight excluding hydrogens is 340 g/mol. The molecule has 0 aromatic heterocycles. The van der Waals surface area contributed by atoms with Crippen molar-refractivity contribution in [3.05, 3.63) is 34.3 Å². The molecule has 1 heterocycles. The molecule has 0 bridgehead atoms. The molecule has 2 fully saturated rings. The molecule has 0 radical (unpaired) electrons. The molecule has 1 aliphatic carbocycles. The second-order valence-corrected chi connectivity index (χ2v) is 7.59. The summed E-state index contributed by atoms with van der Waals surface area (Å²) < 4.78 is 1.07. The van der Waals surface area contributed by atoms with Gasteiger partial charge in [0.15, 0.2) is 0 Å². The fraction of sp³-hybridized carbons (Fsp3) is 0.611. The average molecular weight is 365 g/mol. The van der Waals surface area contributed by atoms with E-state index < -0.39 is 0 Å². The Morgan fingerprint density at radius 3 is 2.55 bits per heavy atom. The summed E-state index contributed by atoms with van der Waals surface area (Å²) in [6.07, 6.45) is 6.58. The zero-order valence-electron chi connectivity index (χ0n) is 13.3. The van der Waals surface area contributed by atoms with E-state index in [-0.39, 0.29) is 5.41 Å². The predicted octanol–water partition coefficient (Wildman–Crippen LogP) is 3.47. The molecule has 3 nitrogen and oxygen atoms in total. The van der Waals surface area contributed by atoms with Crippen molar-refractivity contribution in [3.8, 4) is 0 Å². The largest absolute Gasteiger partial charge is 0.340 e. The van der Waals surface area contributed by atoms with Gasteiger partial charge in [-0.1, -0.05) is 40.9 Å². The van der Waals surface area contributed by atoms with Crippen LogP contribution in [0.4, 0.5) is 0 Å². The molecule has 22 heavy (non-hydrogen) atoms. The van der Waals surface area contributed by atoms with Gasteiger partial charge in [-0.3, -0.25) is 4.79 Å². The van der Waals surface area contributed by atoms with E-state index in [4.69, 9.17) is 0 Å². The van der Waals surface area contributed by atoms with Crippen LogP contribution in [0.2, 0.25) is 0 Å². The van der Waals surface area contributed by atoms with Gasteiger partial charge in [0.05, 0.1) is 5.41 Å². The molecular formula is C18H25BrN2O. The Labute approximate surface area is 141 Å². The summed E-state index contributed by atoms with van der Waals surface area (Å²) in [7, 11) is 2.00. The number of carbonyl (C=O) groups excluding carboxylic acids is 1. The van der Waals surface area contributed by atoms with Crippen LogP contribution in [0.25, 0.3) is 0 Å². The van der Waals surface area contributed by atoms with Crippen LogP contribution in [0.1, 0.15) is 44.1 Å². The van der Waals surface area contributed by atoms with Crippen LogP contribution < -0.4 is 5.32 Å². The number of hydrogen-bond acceptors (Lipinski definition) is 2. The summed E-state index contributed by atoms with van der Waals surface area (Å²) in [5.41, 5.74) is 0.917. The Balaban J connectivity index is 1.87. The maximum atomic E-state index is 13.4. The van der Waals surface area contributed by atoms with Crippen molar-refractivity contribution in [2.24, 2.45) is 0 Å². The van der Waals surface area contributed by atoms with Crippen molar-refractivity contribution in [1.82, 2.24) is 10.2 Å². The van der Waals surface area contributed by atoms with Crippen molar-refractivity contribution in [3.63, 3.8) is 0 Å². The smallest absolute Gasteiger partial charge is 0.233 e. The summed E-state index contributed by atoms with van der Waals surface area (Å²) >= 11 is 3.50. The van der Waals surface area contributed by atoms with E-state index >= 15 is 0 Å². The van der Waals surface area contributed by atoms with E-state index in [1.165, 1.54) is 12.0 Å². The van der Waals surface area contributed by atoms with Gasteiger partial charge < -0.3 is 10.2 Å². The lowest BCUT2D eigenvalue weighted by molar-refractivity contribution is -0.138. The first kappa shape index (κ1) is 16.0. The highest BCUT2D eigenvalue weighted by Gasteiger charge is 2.45. The van der Waals surface area contributed by atoms with Crippen LogP contribution in [-0.2, 0) is 10.2 Å². The number of piperidine rings is 1. The van der Waals surface area contributed by atoms with Crippen molar-refractivity contribution in [1.29, 1.82) is 0 Å². The molecule has 1 amide bonds. The number of likely N-dealkylation sites (N-methyl/N-ethyl adjacent to an activating group) is 1. The van der Waals surface area contributed by atoms with Gasteiger partial charge >= 0.3 is 0 Å². The SMILES string of the molecule is CNC1CCCN(C(=O)C2(c3ccc(Br)cc3)CCCC2)C1. The van der Waals surface area contributed by atoms with Gasteiger partial charge in [0.2, 0.25) is 5.91 Å². The fourth-order valence-corrected chi connectivity index (χ4v) is 4.34. The molecule has 2 aliphatic rings. The number of benzene rings is 1. The lowest BCUT2D eigenvalue weighted by Crippen LogP contribution is -2.52. The van der Waals surface area contributed by atoms with Crippen LogP contribution >= 0.6 is 15.9 Å². The summed E-state index contributed by atoms with van der Waals surface area (Å²) in [4.78, 5) is 15.5. The maximum Gasteiger partial charge on any atom is 0.233 e. The van der Waals surface area contributed by atoms with Gasteiger partial charge in [0.1, 0.15) is 0 Å². The lowest BCUT2D eigenvalue weighted by Gasteiger charge is -2.39. The summed E-state index contributed by atoms with van der Waals surface area (Å²) in [6, 6.07) is 8.84. The molecule has 1 aromatic carbocycles. The highest BCUT2D eigenvalue weighted by atomic mass is 79.9. The first-order valence-electron chi connectivity index (χ1n) is 8.38. The molecule has 1 aliphatic heterocycles. The van der Waals surface area contributed by atoms with Crippen LogP contribution in [0.3, 0.4) is 0 Å². The Morgan fingerprint density at radius 2 is 1.91 bits per heavy atom. The first-order valence-corrected chi connectivity index (χ1v) is 9.18. The third-order valence-electron chi connectivity index (χ3n) is 5.38. The van der Waals surface area contributed by atoms with Gasteiger partial charge in [-0.2, -0.15) is 0 Å². The van der Waals surface area contributed by atoms with Crippen LogP contribution in [0.15, 0.2) is 28.7 Å². The number of nitrogens with one attached hydrogen (secondary N) is 1. The fourth-order valence-electron chi connectivity index (χ4n) is 4.07. The van der Waals surface area contributed by atoms with E-state index in [1.54, 1.807) is 0 Å². The number of hydrogen-bond donors (Lipinski definition) is 1. The van der Waals surface area contributed by atoms with Gasteiger partial charge in [-0.05, 0) is 50.4 Å². The standard InChI is InChI=1S/C18H25BrN2O/c1-20-16-5-4-12-21(13-16)17(22)18(10-2-3-11-18)14-6-8-15(19)9-7-14/h6-9,16,20H,2-5,10-13H2,1H3. The third-order valence-corrected chi connectivity index (χ3v) is 5.91. The second-order valence-electron chi connectivity index (χ2n) is 6.68. The first-order chi connectivity index (χ1) is 10.7. The number of nitrogens with zero attached hydrogens (tertiary/aromatic N) is 1. The molecule has 1 unspecified atom stereocenters. The summed E-state index contributed by atoms with van der Waals surface area (Å²) in [5.74, 6) is 0.354. The van der Waals surface area contributed by atoms with Crippen LogP contribution in [0, 0.1) is 0 Å². The van der Waals surface area contributed by atoms with Gasteiger partial charge in [0.25, 0.3) is 0 Å². The Kier molecular flexibility index (Phi) is 4.88.